The number of rotatable bonds is 7. The molecule has 1 atom stereocenters. The van der Waals surface area contributed by atoms with Crippen molar-refractivity contribution in [1.82, 2.24) is 20.2 Å². The van der Waals surface area contributed by atoms with E-state index in [1.54, 1.807) is 0 Å². The maximum atomic E-state index is 12.6. The Morgan fingerprint density at radius 3 is 2.74 bits per heavy atom. The average Bonchev–Trinajstić information content (AvgIpc) is 3.21. The van der Waals surface area contributed by atoms with E-state index in [9.17, 15) is 9.59 Å². The largest absolute Gasteiger partial charge is 0.378 e. The molecule has 2 saturated heterocycles. The third-order valence-corrected chi connectivity index (χ3v) is 6.01. The van der Waals surface area contributed by atoms with Crippen LogP contribution in [0.5, 0.6) is 0 Å². The summed E-state index contributed by atoms with van der Waals surface area (Å²) in [5.74, 6) is 0.575. The number of morpholine rings is 1. The van der Waals surface area contributed by atoms with Crippen LogP contribution in [0, 0.1) is 6.92 Å². The summed E-state index contributed by atoms with van der Waals surface area (Å²) in [6.07, 6.45) is 1.63. The summed E-state index contributed by atoms with van der Waals surface area (Å²) >= 11 is 0. The molecule has 2 fully saturated rings. The Bertz CT molecular complexity index is 940. The molecular weight excluding hydrogens is 394 g/mol. The number of aromatic nitrogens is 2. The van der Waals surface area contributed by atoms with Gasteiger partial charge in [-0.3, -0.25) is 19.5 Å². The zero-order valence-corrected chi connectivity index (χ0v) is 18.1. The fourth-order valence-corrected chi connectivity index (χ4v) is 4.29. The minimum absolute atomic E-state index is 0.0115. The van der Waals surface area contributed by atoms with Crippen molar-refractivity contribution in [2.24, 2.45) is 0 Å². The minimum Gasteiger partial charge on any atom is -0.378 e. The molecule has 0 aliphatic carbocycles. The second kappa shape index (κ2) is 10.1. The normalized spacial score (nSPS) is 19.5. The molecule has 1 unspecified atom stereocenters. The first kappa shape index (κ1) is 21.5. The molecule has 8 nitrogen and oxygen atoms in total. The smallest absolute Gasteiger partial charge is 0.255 e. The van der Waals surface area contributed by atoms with Crippen molar-refractivity contribution in [2.75, 3.05) is 44.3 Å². The lowest BCUT2D eigenvalue weighted by atomic mass is 10.1. The SMILES string of the molecule is Cc1nc(N2CCOCC2)[nH]c(=O)c1CCC(=O)NC1CCN(Cc2ccccc2)C1. The van der Waals surface area contributed by atoms with Crippen molar-refractivity contribution in [3.8, 4) is 0 Å². The first-order valence-corrected chi connectivity index (χ1v) is 11.1. The summed E-state index contributed by atoms with van der Waals surface area (Å²) in [6.45, 7) is 7.28. The maximum absolute atomic E-state index is 12.6. The molecule has 0 saturated carbocycles. The molecule has 2 aliphatic heterocycles. The van der Waals surface area contributed by atoms with Crippen molar-refractivity contribution >= 4 is 11.9 Å². The van der Waals surface area contributed by atoms with Gasteiger partial charge in [-0.05, 0) is 25.3 Å². The maximum Gasteiger partial charge on any atom is 0.255 e. The summed E-state index contributed by atoms with van der Waals surface area (Å²) in [6, 6.07) is 10.5. The predicted molar refractivity (Wildman–Crippen MR) is 119 cm³/mol. The number of likely N-dealkylation sites (tertiary alicyclic amines) is 1. The number of amides is 1. The van der Waals surface area contributed by atoms with Gasteiger partial charge in [0.05, 0.1) is 13.2 Å². The third-order valence-electron chi connectivity index (χ3n) is 6.01. The number of carbonyl (C=O) groups excluding carboxylic acids is 1. The molecule has 2 aromatic rings. The van der Waals surface area contributed by atoms with E-state index in [4.69, 9.17) is 4.74 Å². The first-order chi connectivity index (χ1) is 15.1. The second-order valence-electron chi connectivity index (χ2n) is 8.33. The molecule has 2 N–H and O–H groups in total. The molecule has 0 bridgehead atoms. The Balaban J connectivity index is 1.26. The lowest BCUT2D eigenvalue weighted by molar-refractivity contribution is -0.121. The summed E-state index contributed by atoms with van der Waals surface area (Å²) in [4.78, 5) is 36.9. The monoisotopic (exact) mass is 425 g/mol. The number of H-pyrrole nitrogens is 1. The lowest BCUT2D eigenvalue weighted by Crippen LogP contribution is -2.39. The minimum atomic E-state index is -0.156. The standard InChI is InChI=1S/C23H31N5O3/c1-17-20(22(30)26-23(24-17)28-11-13-31-14-12-28)7-8-21(29)25-19-9-10-27(16-19)15-18-5-3-2-4-6-18/h2-6,19H,7-16H2,1H3,(H,25,29)(H,24,26,30). The molecule has 1 aromatic heterocycles. The quantitative estimate of drug-likeness (QED) is 0.694. The molecule has 8 heteroatoms. The van der Waals surface area contributed by atoms with Crippen LogP contribution >= 0.6 is 0 Å². The number of hydrogen-bond acceptors (Lipinski definition) is 6. The number of carbonyl (C=O) groups is 1. The van der Waals surface area contributed by atoms with Gasteiger partial charge < -0.3 is 15.0 Å². The van der Waals surface area contributed by atoms with Gasteiger partial charge in [0.25, 0.3) is 5.56 Å². The number of ether oxygens (including phenoxy) is 1. The van der Waals surface area contributed by atoms with Gasteiger partial charge in [-0.1, -0.05) is 30.3 Å². The van der Waals surface area contributed by atoms with Gasteiger partial charge in [0.15, 0.2) is 0 Å². The van der Waals surface area contributed by atoms with Crippen LogP contribution in [-0.2, 0) is 22.5 Å². The molecule has 166 valence electrons. The number of nitrogens with zero attached hydrogens (tertiary/aromatic N) is 3. The van der Waals surface area contributed by atoms with E-state index in [1.165, 1.54) is 5.56 Å². The molecule has 0 radical (unpaired) electrons. The highest BCUT2D eigenvalue weighted by Crippen LogP contribution is 2.14. The molecule has 4 rings (SSSR count). The molecule has 1 aromatic carbocycles. The summed E-state index contributed by atoms with van der Waals surface area (Å²) in [7, 11) is 0. The van der Waals surface area contributed by atoms with Crippen LogP contribution in [0.15, 0.2) is 35.1 Å². The van der Waals surface area contributed by atoms with E-state index in [0.717, 1.165) is 26.1 Å². The van der Waals surface area contributed by atoms with Crippen molar-refractivity contribution in [1.29, 1.82) is 0 Å². The fraction of sp³-hybridized carbons (Fsp3) is 0.522. The van der Waals surface area contributed by atoms with Crippen molar-refractivity contribution in [3.63, 3.8) is 0 Å². The molecule has 1 amide bonds. The van der Waals surface area contributed by atoms with Crippen LogP contribution in [0.4, 0.5) is 5.95 Å². The van der Waals surface area contributed by atoms with E-state index in [1.807, 2.05) is 17.9 Å². The van der Waals surface area contributed by atoms with E-state index >= 15 is 0 Å². The highest BCUT2D eigenvalue weighted by molar-refractivity contribution is 5.76. The van der Waals surface area contributed by atoms with E-state index in [-0.39, 0.29) is 23.9 Å². The first-order valence-electron chi connectivity index (χ1n) is 11.1. The Morgan fingerprint density at radius 1 is 1.23 bits per heavy atom. The van der Waals surface area contributed by atoms with E-state index in [2.05, 4.69) is 44.5 Å². The zero-order chi connectivity index (χ0) is 21.6. The number of nitrogens with one attached hydrogen (secondary N) is 2. The Labute approximate surface area is 182 Å². The number of benzene rings is 1. The topological polar surface area (TPSA) is 90.6 Å². The summed E-state index contributed by atoms with van der Waals surface area (Å²) in [5.41, 5.74) is 2.41. The highest BCUT2D eigenvalue weighted by atomic mass is 16.5. The molecule has 2 aliphatic rings. The fourth-order valence-electron chi connectivity index (χ4n) is 4.29. The van der Waals surface area contributed by atoms with Crippen LogP contribution < -0.4 is 15.8 Å². The van der Waals surface area contributed by atoms with Gasteiger partial charge in [-0.15, -0.1) is 0 Å². The van der Waals surface area contributed by atoms with Crippen molar-refractivity contribution in [3.05, 3.63) is 57.5 Å². The third kappa shape index (κ3) is 5.71. The average molecular weight is 426 g/mol. The van der Waals surface area contributed by atoms with Gasteiger partial charge in [0, 0.05) is 56.4 Å². The second-order valence-corrected chi connectivity index (χ2v) is 8.33. The summed E-state index contributed by atoms with van der Waals surface area (Å²) < 4.78 is 5.35. The zero-order valence-electron chi connectivity index (χ0n) is 18.1. The van der Waals surface area contributed by atoms with Crippen LogP contribution in [-0.4, -0.2) is 66.2 Å². The molecular formula is C23H31N5O3. The number of hydrogen-bond donors (Lipinski definition) is 2. The number of anilines is 1. The van der Waals surface area contributed by atoms with Crippen LogP contribution in [0.1, 0.15) is 29.7 Å². The Morgan fingerprint density at radius 2 is 2.00 bits per heavy atom. The van der Waals surface area contributed by atoms with Crippen LogP contribution in [0.25, 0.3) is 0 Å². The molecule has 0 spiro atoms. The van der Waals surface area contributed by atoms with Gasteiger partial charge >= 0.3 is 0 Å². The van der Waals surface area contributed by atoms with Crippen molar-refractivity contribution in [2.45, 2.75) is 38.8 Å². The van der Waals surface area contributed by atoms with Gasteiger partial charge in [-0.2, -0.15) is 0 Å². The van der Waals surface area contributed by atoms with Gasteiger partial charge in [0.2, 0.25) is 11.9 Å². The number of aryl methyl sites for hydroxylation is 1. The van der Waals surface area contributed by atoms with Gasteiger partial charge in [0.1, 0.15) is 0 Å². The van der Waals surface area contributed by atoms with E-state index < -0.39 is 0 Å². The number of aromatic amines is 1. The lowest BCUT2D eigenvalue weighted by Gasteiger charge is -2.27. The van der Waals surface area contributed by atoms with Crippen LogP contribution in [0.2, 0.25) is 0 Å². The van der Waals surface area contributed by atoms with Gasteiger partial charge in [-0.25, -0.2) is 4.98 Å². The Kier molecular flexibility index (Phi) is 6.99. The van der Waals surface area contributed by atoms with E-state index in [0.29, 0.717) is 49.9 Å². The molecule has 3 heterocycles. The molecule has 31 heavy (non-hydrogen) atoms. The highest BCUT2D eigenvalue weighted by Gasteiger charge is 2.24. The predicted octanol–water partition coefficient (Wildman–Crippen LogP) is 1.24. The van der Waals surface area contributed by atoms with Crippen molar-refractivity contribution < 1.29 is 9.53 Å². The summed E-state index contributed by atoms with van der Waals surface area (Å²) in [5, 5.41) is 3.13. The Hall–Kier alpha value is -2.71. The van der Waals surface area contributed by atoms with Crippen LogP contribution in [0.3, 0.4) is 0 Å².